The van der Waals surface area contributed by atoms with Gasteiger partial charge >= 0.3 is 6.18 Å². The molecule has 4 fully saturated rings. The molecule has 3 atom stereocenters. The van der Waals surface area contributed by atoms with E-state index in [1.807, 2.05) is 6.07 Å². The number of nitrogens with one attached hydrogen (secondary N) is 1. The van der Waals surface area contributed by atoms with Crippen LogP contribution in [-0.4, -0.2) is 54.9 Å². The SMILES string of the molecule is N#CC1(NC(=O)[C@@H]2C[C@@H](S(=O)(=O)c3ccc(C4CC4)cc3C(F)(F)F)C[C@H]2C(=O)N2CC(F)(F)C2)CC1. The molecule has 13 heteroatoms. The van der Waals surface area contributed by atoms with E-state index < -0.39 is 92.8 Å². The Morgan fingerprint density at radius 3 is 2.22 bits per heavy atom. The van der Waals surface area contributed by atoms with Crippen molar-refractivity contribution in [3.05, 3.63) is 29.3 Å². The number of nitrogens with zero attached hydrogens (tertiary/aromatic N) is 2. The van der Waals surface area contributed by atoms with Gasteiger partial charge in [0.1, 0.15) is 5.54 Å². The number of sulfone groups is 1. The molecular formula is C24H24F5N3O4S. The minimum absolute atomic E-state index is 0.0519. The molecule has 1 heterocycles. The first kappa shape index (κ1) is 25.9. The van der Waals surface area contributed by atoms with Crippen LogP contribution in [0, 0.1) is 23.2 Å². The van der Waals surface area contributed by atoms with E-state index in [2.05, 4.69) is 5.32 Å². The molecule has 0 aromatic heterocycles. The van der Waals surface area contributed by atoms with Crippen molar-refractivity contribution < 1.29 is 40.0 Å². The molecule has 3 aliphatic carbocycles. The van der Waals surface area contributed by atoms with Gasteiger partial charge in [-0.2, -0.15) is 18.4 Å². The van der Waals surface area contributed by atoms with Gasteiger partial charge in [0.2, 0.25) is 11.8 Å². The molecular weight excluding hydrogens is 521 g/mol. The van der Waals surface area contributed by atoms with E-state index >= 15 is 0 Å². The van der Waals surface area contributed by atoms with Crippen molar-refractivity contribution in [2.24, 2.45) is 11.8 Å². The van der Waals surface area contributed by atoms with Crippen molar-refractivity contribution in [1.82, 2.24) is 10.2 Å². The molecule has 1 aromatic carbocycles. The number of amides is 2. The summed E-state index contributed by atoms with van der Waals surface area (Å²) in [5, 5.41) is 10.3. The molecule has 1 N–H and O–H groups in total. The number of carbonyl (C=O) groups excluding carboxylic acids is 2. The highest BCUT2D eigenvalue weighted by Crippen LogP contribution is 2.47. The zero-order valence-electron chi connectivity index (χ0n) is 19.5. The maximum atomic E-state index is 13.9. The van der Waals surface area contributed by atoms with Gasteiger partial charge in [0.05, 0.1) is 46.7 Å². The Labute approximate surface area is 209 Å². The fraction of sp³-hybridized carbons (Fsp3) is 0.625. The molecule has 0 bridgehead atoms. The minimum atomic E-state index is -4.95. The third-order valence-corrected chi connectivity index (χ3v) is 9.99. The minimum Gasteiger partial charge on any atom is -0.338 e. The van der Waals surface area contributed by atoms with E-state index in [1.165, 1.54) is 6.07 Å². The number of nitriles is 1. The van der Waals surface area contributed by atoms with E-state index in [9.17, 15) is 45.2 Å². The quantitative estimate of drug-likeness (QED) is 0.552. The lowest BCUT2D eigenvalue weighted by Gasteiger charge is -2.40. The lowest BCUT2D eigenvalue weighted by molar-refractivity contribution is -0.171. The van der Waals surface area contributed by atoms with E-state index in [0.29, 0.717) is 31.2 Å². The molecule has 0 unspecified atom stereocenters. The van der Waals surface area contributed by atoms with Gasteiger partial charge in [0.15, 0.2) is 9.84 Å². The highest BCUT2D eigenvalue weighted by atomic mass is 32.2. The van der Waals surface area contributed by atoms with E-state index in [4.69, 9.17) is 0 Å². The van der Waals surface area contributed by atoms with Crippen LogP contribution in [0.1, 0.15) is 55.6 Å². The van der Waals surface area contributed by atoms with Gasteiger partial charge in [0.25, 0.3) is 5.92 Å². The largest absolute Gasteiger partial charge is 0.417 e. The molecule has 7 nitrogen and oxygen atoms in total. The average Bonchev–Trinajstić information content (AvgIpc) is 3.74. The second-order valence-corrected chi connectivity index (χ2v) is 12.8. The molecule has 37 heavy (non-hydrogen) atoms. The van der Waals surface area contributed by atoms with Gasteiger partial charge in [0, 0.05) is 0 Å². The Hall–Kier alpha value is -2.75. The Kier molecular flexibility index (Phi) is 5.86. The molecule has 200 valence electrons. The van der Waals surface area contributed by atoms with Crippen molar-refractivity contribution in [2.45, 2.75) is 72.2 Å². The van der Waals surface area contributed by atoms with Crippen LogP contribution in [0.25, 0.3) is 0 Å². The number of carbonyl (C=O) groups is 2. The highest BCUT2D eigenvalue weighted by molar-refractivity contribution is 7.92. The van der Waals surface area contributed by atoms with Crippen LogP contribution in [0.2, 0.25) is 0 Å². The summed E-state index contributed by atoms with van der Waals surface area (Å²) in [7, 11) is -4.66. The fourth-order valence-electron chi connectivity index (χ4n) is 5.30. The van der Waals surface area contributed by atoms with E-state index in [-0.39, 0.29) is 5.92 Å². The molecule has 4 aliphatic rings. The van der Waals surface area contributed by atoms with E-state index in [1.54, 1.807) is 0 Å². The summed E-state index contributed by atoms with van der Waals surface area (Å²) in [6.07, 6.45) is -3.74. The number of rotatable bonds is 6. The monoisotopic (exact) mass is 545 g/mol. The molecule has 1 saturated heterocycles. The number of benzene rings is 1. The van der Waals surface area contributed by atoms with Crippen molar-refractivity contribution in [2.75, 3.05) is 13.1 Å². The first-order valence-corrected chi connectivity index (χ1v) is 13.6. The third kappa shape index (κ3) is 4.80. The first-order chi connectivity index (χ1) is 17.2. The summed E-state index contributed by atoms with van der Waals surface area (Å²) >= 11 is 0. The van der Waals surface area contributed by atoms with Crippen LogP contribution in [0.15, 0.2) is 23.1 Å². The average molecular weight is 546 g/mol. The number of hydrogen-bond acceptors (Lipinski definition) is 5. The third-order valence-electron chi connectivity index (χ3n) is 7.76. The number of alkyl halides is 5. The summed E-state index contributed by atoms with van der Waals surface area (Å²) < 4.78 is 95.6. The molecule has 3 saturated carbocycles. The van der Waals surface area contributed by atoms with Crippen LogP contribution in [0.3, 0.4) is 0 Å². The number of halogens is 5. The summed E-state index contributed by atoms with van der Waals surface area (Å²) in [5.74, 6) is -7.36. The standard InChI is InChI=1S/C24H24F5N3O4S/c25-23(26)11-32(12-23)21(34)17-9-15(8-16(17)20(33)31-22(10-30)5-6-22)37(35,36)19-4-3-14(13-1-2-13)7-18(19)24(27,28)29/h3-4,7,13,15-17H,1-2,5-6,8-9,11-12H2,(H,31,33)/t15-,16-,17-/m1/s1. The Morgan fingerprint density at radius 2 is 1.70 bits per heavy atom. The van der Waals surface area contributed by atoms with Gasteiger partial charge in [-0.15, -0.1) is 0 Å². The molecule has 2 amide bonds. The lowest BCUT2D eigenvalue weighted by atomic mass is 9.92. The van der Waals surface area contributed by atoms with Gasteiger partial charge in [-0.1, -0.05) is 6.07 Å². The van der Waals surface area contributed by atoms with Gasteiger partial charge in [-0.25, -0.2) is 17.2 Å². The Morgan fingerprint density at radius 1 is 1.08 bits per heavy atom. The molecule has 5 rings (SSSR count). The van der Waals surface area contributed by atoms with Crippen molar-refractivity contribution in [1.29, 1.82) is 5.26 Å². The molecule has 1 aliphatic heterocycles. The van der Waals surface area contributed by atoms with Crippen molar-refractivity contribution >= 4 is 21.7 Å². The molecule has 0 spiro atoms. The van der Waals surface area contributed by atoms with Crippen LogP contribution in [-0.2, 0) is 25.6 Å². The normalized spacial score (nSPS) is 28.2. The Balaban J connectivity index is 1.46. The summed E-state index contributed by atoms with van der Waals surface area (Å²) in [5.41, 5.74) is -2.03. The van der Waals surface area contributed by atoms with Gasteiger partial charge in [-0.3, -0.25) is 9.59 Å². The maximum Gasteiger partial charge on any atom is 0.417 e. The van der Waals surface area contributed by atoms with Crippen LogP contribution in [0.5, 0.6) is 0 Å². The number of hydrogen-bond donors (Lipinski definition) is 1. The zero-order valence-corrected chi connectivity index (χ0v) is 20.3. The topological polar surface area (TPSA) is 107 Å². The van der Waals surface area contributed by atoms with Gasteiger partial charge < -0.3 is 10.2 Å². The van der Waals surface area contributed by atoms with E-state index in [0.717, 1.165) is 17.0 Å². The fourth-order valence-corrected chi connectivity index (χ4v) is 7.31. The highest BCUT2D eigenvalue weighted by Gasteiger charge is 2.55. The second-order valence-electron chi connectivity index (χ2n) is 10.6. The van der Waals surface area contributed by atoms with Crippen molar-refractivity contribution in [3.8, 4) is 6.07 Å². The zero-order chi connectivity index (χ0) is 27.0. The predicted molar refractivity (Wildman–Crippen MR) is 118 cm³/mol. The smallest absolute Gasteiger partial charge is 0.338 e. The number of likely N-dealkylation sites (tertiary alicyclic amines) is 1. The summed E-state index contributed by atoms with van der Waals surface area (Å²) in [6.45, 7) is -1.76. The maximum absolute atomic E-state index is 13.9. The molecule has 0 radical (unpaired) electrons. The first-order valence-electron chi connectivity index (χ1n) is 12.0. The predicted octanol–water partition coefficient (Wildman–Crippen LogP) is 3.40. The van der Waals surface area contributed by atoms with Crippen LogP contribution in [0.4, 0.5) is 22.0 Å². The summed E-state index contributed by atoms with van der Waals surface area (Å²) in [6, 6.07) is 5.08. The summed E-state index contributed by atoms with van der Waals surface area (Å²) in [4.78, 5) is 26.0. The second kappa shape index (κ2) is 8.38. The Bertz CT molecular complexity index is 1290. The van der Waals surface area contributed by atoms with Gasteiger partial charge in [-0.05, 0) is 62.1 Å². The van der Waals surface area contributed by atoms with Crippen LogP contribution >= 0.6 is 0 Å². The van der Waals surface area contributed by atoms with Crippen LogP contribution < -0.4 is 5.32 Å². The lowest BCUT2D eigenvalue weighted by Crippen LogP contribution is -2.60. The van der Waals surface area contributed by atoms with Crippen molar-refractivity contribution in [3.63, 3.8) is 0 Å². The molecule has 1 aromatic rings.